The Hall–Kier alpha value is -0.890. The fraction of sp³-hybridized carbons (Fsp3) is 0.364. The highest BCUT2D eigenvalue weighted by atomic mass is 32.1. The standard InChI is InChI=1S/C11H14OS/c1-7-5-8(2)11(12-4)10(6-7)9(3)13/h5-6H,1-4H3. The highest BCUT2D eigenvalue weighted by Crippen LogP contribution is 2.25. The van der Waals surface area contributed by atoms with Crippen LogP contribution in [-0.4, -0.2) is 12.0 Å². The Morgan fingerprint density at radius 2 is 1.92 bits per heavy atom. The normalized spacial score (nSPS) is 9.85. The van der Waals surface area contributed by atoms with Crippen molar-refractivity contribution in [2.75, 3.05) is 7.11 Å². The van der Waals surface area contributed by atoms with Crippen molar-refractivity contribution in [1.29, 1.82) is 0 Å². The van der Waals surface area contributed by atoms with Crippen molar-refractivity contribution in [2.24, 2.45) is 0 Å². The van der Waals surface area contributed by atoms with Gasteiger partial charge in [-0.2, -0.15) is 0 Å². The minimum absolute atomic E-state index is 0.878. The molecule has 0 aliphatic carbocycles. The molecule has 70 valence electrons. The van der Waals surface area contributed by atoms with Crippen LogP contribution in [0.5, 0.6) is 5.75 Å². The fourth-order valence-corrected chi connectivity index (χ4v) is 1.64. The molecular formula is C11H14OS. The highest BCUT2D eigenvalue weighted by Gasteiger charge is 2.08. The van der Waals surface area contributed by atoms with Crippen molar-refractivity contribution < 1.29 is 4.74 Å². The average Bonchev–Trinajstić information content (AvgIpc) is 2.02. The van der Waals surface area contributed by atoms with Crippen molar-refractivity contribution in [2.45, 2.75) is 20.8 Å². The molecule has 0 unspecified atom stereocenters. The predicted octanol–water partition coefficient (Wildman–Crippen LogP) is 3.05. The smallest absolute Gasteiger partial charge is 0.130 e. The first kappa shape index (κ1) is 10.2. The number of thiocarbonyl (C=S) groups is 1. The van der Waals surface area contributed by atoms with E-state index in [9.17, 15) is 0 Å². The number of methoxy groups -OCH3 is 1. The molecule has 2 heteroatoms. The maximum Gasteiger partial charge on any atom is 0.130 e. The van der Waals surface area contributed by atoms with Gasteiger partial charge in [0.25, 0.3) is 0 Å². The van der Waals surface area contributed by atoms with Gasteiger partial charge in [0.1, 0.15) is 5.75 Å². The second-order valence-electron chi connectivity index (χ2n) is 3.22. The third-order valence-electron chi connectivity index (χ3n) is 2.00. The number of ether oxygens (including phenoxy) is 1. The molecule has 0 aromatic heterocycles. The summed E-state index contributed by atoms with van der Waals surface area (Å²) in [4.78, 5) is 0.878. The Morgan fingerprint density at radius 1 is 1.31 bits per heavy atom. The molecule has 0 spiro atoms. The van der Waals surface area contributed by atoms with Gasteiger partial charge in [-0.25, -0.2) is 0 Å². The lowest BCUT2D eigenvalue weighted by molar-refractivity contribution is 0.411. The number of benzene rings is 1. The van der Waals surface area contributed by atoms with Crippen LogP contribution >= 0.6 is 12.2 Å². The molecule has 13 heavy (non-hydrogen) atoms. The Labute approximate surface area is 84.7 Å². The molecule has 1 aromatic rings. The first-order valence-corrected chi connectivity index (χ1v) is 4.63. The second kappa shape index (κ2) is 3.88. The van der Waals surface area contributed by atoms with Crippen LogP contribution in [0.4, 0.5) is 0 Å². The van der Waals surface area contributed by atoms with E-state index in [0.717, 1.165) is 21.7 Å². The van der Waals surface area contributed by atoms with E-state index in [0.29, 0.717) is 0 Å². The van der Waals surface area contributed by atoms with Crippen molar-refractivity contribution in [3.05, 3.63) is 28.8 Å². The third-order valence-corrected chi connectivity index (χ3v) is 2.22. The number of rotatable bonds is 2. The van der Waals surface area contributed by atoms with Crippen molar-refractivity contribution in [3.8, 4) is 5.75 Å². The topological polar surface area (TPSA) is 9.23 Å². The molecule has 1 rings (SSSR count). The predicted molar refractivity (Wildman–Crippen MR) is 59.8 cm³/mol. The monoisotopic (exact) mass is 194 g/mol. The van der Waals surface area contributed by atoms with Gasteiger partial charge < -0.3 is 4.74 Å². The summed E-state index contributed by atoms with van der Waals surface area (Å²) in [6.07, 6.45) is 0. The Balaban J connectivity index is 3.38. The fourth-order valence-electron chi connectivity index (χ4n) is 1.49. The zero-order valence-electron chi connectivity index (χ0n) is 8.47. The molecule has 0 amide bonds. The van der Waals surface area contributed by atoms with E-state index in [4.69, 9.17) is 17.0 Å². The lowest BCUT2D eigenvalue weighted by atomic mass is 10.0. The van der Waals surface area contributed by atoms with Crippen LogP contribution in [0.1, 0.15) is 23.6 Å². The van der Waals surface area contributed by atoms with Crippen LogP contribution in [-0.2, 0) is 0 Å². The molecule has 0 N–H and O–H groups in total. The van der Waals surface area contributed by atoms with Crippen LogP contribution in [0.3, 0.4) is 0 Å². The van der Waals surface area contributed by atoms with E-state index in [1.54, 1.807) is 7.11 Å². The van der Waals surface area contributed by atoms with Gasteiger partial charge in [-0.1, -0.05) is 18.3 Å². The molecule has 0 saturated heterocycles. The molecule has 0 atom stereocenters. The summed E-state index contributed by atoms with van der Waals surface area (Å²) in [5.74, 6) is 0.901. The summed E-state index contributed by atoms with van der Waals surface area (Å²) < 4.78 is 5.30. The van der Waals surface area contributed by atoms with E-state index in [1.807, 2.05) is 13.8 Å². The van der Waals surface area contributed by atoms with Crippen molar-refractivity contribution in [1.82, 2.24) is 0 Å². The maximum absolute atomic E-state index is 5.30. The lowest BCUT2D eigenvalue weighted by Crippen LogP contribution is -1.99. The summed E-state index contributed by atoms with van der Waals surface area (Å²) in [7, 11) is 1.68. The van der Waals surface area contributed by atoms with E-state index in [1.165, 1.54) is 5.56 Å². The minimum Gasteiger partial charge on any atom is -0.496 e. The van der Waals surface area contributed by atoms with Gasteiger partial charge in [0, 0.05) is 10.4 Å². The van der Waals surface area contributed by atoms with Crippen LogP contribution in [0, 0.1) is 13.8 Å². The van der Waals surface area contributed by atoms with Gasteiger partial charge >= 0.3 is 0 Å². The Kier molecular flexibility index (Phi) is 3.04. The third kappa shape index (κ3) is 2.07. The van der Waals surface area contributed by atoms with Crippen LogP contribution in [0.15, 0.2) is 12.1 Å². The SMILES string of the molecule is COc1c(C)cc(C)cc1C(C)=S. The van der Waals surface area contributed by atoms with E-state index in [-0.39, 0.29) is 0 Å². The average molecular weight is 194 g/mol. The molecule has 0 radical (unpaired) electrons. The van der Waals surface area contributed by atoms with Crippen LogP contribution in [0.25, 0.3) is 0 Å². The first-order valence-electron chi connectivity index (χ1n) is 4.22. The summed E-state index contributed by atoms with van der Waals surface area (Å²) in [6, 6.07) is 4.16. The zero-order valence-corrected chi connectivity index (χ0v) is 9.29. The number of hydrogen-bond donors (Lipinski definition) is 0. The zero-order chi connectivity index (χ0) is 10.0. The molecular weight excluding hydrogens is 180 g/mol. The van der Waals surface area contributed by atoms with Crippen molar-refractivity contribution >= 4 is 17.1 Å². The van der Waals surface area contributed by atoms with E-state index < -0.39 is 0 Å². The maximum atomic E-state index is 5.30. The van der Waals surface area contributed by atoms with E-state index >= 15 is 0 Å². The molecule has 0 fully saturated rings. The summed E-state index contributed by atoms with van der Waals surface area (Å²) in [5.41, 5.74) is 3.40. The molecule has 0 heterocycles. The molecule has 0 saturated carbocycles. The van der Waals surface area contributed by atoms with Gasteiger partial charge in [0.05, 0.1) is 7.11 Å². The summed E-state index contributed by atoms with van der Waals surface area (Å²) >= 11 is 5.16. The molecule has 1 aromatic carbocycles. The molecule has 0 aliphatic rings. The van der Waals surface area contributed by atoms with Crippen LogP contribution in [0.2, 0.25) is 0 Å². The van der Waals surface area contributed by atoms with Crippen LogP contribution < -0.4 is 4.74 Å². The van der Waals surface area contributed by atoms with Gasteiger partial charge in [0.15, 0.2) is 0 Å². The number of hydrogen-bond acceptors (Lipinski definition) is 2. The Bertz CT molecular complexity index is 342. The second-order valence-corrected chi connectivity index (χ2v) is 3.83. The lowest BCUT2D eigenvalue weighted by Gasteiger charge is -2.11. The highest BCUT2D eigenvalue weighted by molar-refractivity contribution is 7.80. The van der Waals surface area contributed by atoms with Crippen molar-refractivity contribution in [3.63, 3.8) is 0 Å². The Morgan fingerprint density at radius 3 is 2.38 bits per heavy atom. The summed E-state index contributed by atoms with van der Waals surface area (Å²) in [5, 5.41) is 0. The molecule has 0 aliphatic heterocycles. The summed E-state index contributed by atoms with van der Waals surface area (Å²) in [6.45, 7) is 6.02. The quantitative estimate of drug-likeness (QED) is 0.528. The molecule has 1 nitrogen and oxygen atoms in total. The largest absolute Gasteiger partial charge is 0.496 e. The first-order chi connectivity index (χ1) is 6.06. The van der Waals surface area contributed by atoms with Gasteiger partial charge in [0.2, 0.25) is 0 Å². The van der Waals surface area contributed by atoms with Gasteiger partial charge in [-0.15, -0.1) is 0 Å². The van der Waals surface area contributed by atoms with Gasteiger partial charge in [-0.05, 0) is 38.0 Å². The van der Waals surface area contributed by atoms with Gasteiger partial charge in [-0.3, -0.25) is 0 Å². The number of aryl methyl sites for hydroxylation is 2. The van der Waals surface area contributed by atoms with E-state index in [2.05, 4.69) is 19.1 Å². The molecule has 0 bridgehead atoms. The minimum atomic E-state index is 0.878.